The summed E-state index contributed by atoms with van der Waals surface area (Å²) in [5.74, 6) is -0.844. The largest absolute Gasteiger partial charge is 0.481 e. The number of aryl methyl sites for hydroxylation is 1. The summed E-state index contributed by atoms with van der Waals surface area (Å²) in [6.07, 6.45) is 4.59. The van der Waals surface area contributed by atoms with E-state index in [2.05, 4.69) is 46.6 Å². The molecule has 0 amide bonds. The Morgan fingerprint density at radius 1 is 1.26 bits per heavy atom. The maximum absolute atomic E-state index is 11.5. The number of fused-ring (bicyclic) bond motifs is 3. The van der Waals surface area contributed by atoms with E-state index in [4.69, 9.17) is 0 Å². The Morgan fingerprint density at radius 3 is 2.78 bits per heavy atom. The fourth-order valence-corrected chi connectivity index (χ4v) is 4.26. The standard InChI is InChI=1S/C22H25N3O2/c1-15-3-4-20-18(11-15)19-14-24(2)10-7-21(19)25(20)13-17(12-22(26)27)16-5-8-23-9-6-16/h3-6,8-9,11,17H,7,10,12-14H2,1-2H3,(H,26,27). The van der Waals surface area contributed by atoms with Crippen LogP contribution in [0.4, 0.5) is 0 Å². The Morgan fingerprint density at radius 2 is 2.04 bits per heavy atom. The zero-order valence-corrected chi connectivity index (χ0v) is 15.9. The summed E-state index contributed by atoms with van der Waals surface area (Å²) in [7, 11) is 2.16. The molecule has 5 heteroatoms. The lowest BCUT2D eigenvalue weighted by molar-refractivity contribution is -0.137. The minimum Gasteiger partial charge on any atom is -0.481 e. The summed E-state index contributed by atoms with van der Waals surface area (Å²) in [5, 5.41) is 10.8. The van der Waals surface area contributed by atoms with Crippen molar-refractivity contribution in [1.82, 2.24) is 14.5 Å². The molecule has 27 heavy (non-hydrogen) atoms. The van der Waals surface area contributed by atoms with Crippen molar-refractivity contribution >= 4 is 16.9 Å². The highest BCUT2D eigenvalue weighted by Gasteiger charge is 2.25. The molecule has 1 N–H and O–H groups in total. The second-order valence-corrected chi connectivity index (χ2v) is 7.62. The normalized spacial score (nSPS) is 15.6. The van der Waals surface area contributed by atoms with Crippen LogP contribution < -0.4 is 0 Å². The van der Waals surface area contributed by atoms with Crippen molar-refractivity contribution in [2.24, 2.45) is 0 Å². The molecule has 1 unspecified atom stereocenters. The van der Waals surface area contributed by atoms with Gasteiger partial charge in [-0.25, -0.2) is 0 Å². The molecule has 1 aromatic carbocycles. The van der Waals surface area contributed by atoms with Crippen LogP contribution >= 0.6 is 0 Å². The molecule has 5 nitrogen and oxygen atoms in total. The molecule has 3 heterocycles. The lowest BCUT2D eigenvalue weighted by Gasteiger charge is -2.25. The summed E-state index contributed by atoms with van der Waals surface area (Å²) in [6, 6.07) is 10.5. The van der Waals surface area contributed by atoms with Gasteiger partial charge in [0.05, 0.1) is 6.42 Å². The van der Waals surface area contributed by atoms with Crippen molar-refractivity contribution in [3.63, 3.8) is 0 Å². The minimum absolute atomic E-state index is 0.0776. The van der Waals surface area contributed by atoms with Gasteiger partial charge in [-0.2, -0.15) is 0 Å². The van der Waals surface area contributed by atoms with Gasteiger partial charge in [-0.05, 0) is 49.4 Å². The number of carboxylic acid groups (broad SMARTS) is 1. The third kappa shape index (κ3) is 3.47. The molecular formula is C22H25N3O2. The van der Waals surface area contributed by atoms with Crippen molar-refractivity contribution < 1.29 is 9.90 Å². The molecule has 0 fully saturated rings. The molecule has 0 saturated heterocycles. The average molecular weight is 363 g/mol. The molecule has 1 atom stereocenters. The predicted molar refractivity (Wildman–Crippen MR) is 106 cm³/mol. The van der Waals surface area contributed by atoms with Crippen molar-refractivity contribution in [3.05, 3.63) is 65.1 Å². The van der Waals surface area contributed by atoms with Crippen LogP contribution in [-0.2, 0) is 24.3 Å². The lowest BCUT2D eigenvalue weighted by Crippen LogP contribution is -2.28. The number of aromatic nitrogens is 2. The SMILES string of the molecule is Cc1ccc2c(c1)c1c(n2CC(CC(=O)O)c2ccncc2)CCN(C)C1. The van der Waals surface area contributed by atoms with E-state index < -0.39 is 5.97 Å². The van der Waals surface area contributed by atoms with Crippen LogP contribution in [0.5, 0.6) is 0 Å². The summed E-state index contributed by atoms with van der Waals surface area (Å²) in [4.78, 5) is 18.0. The molecule has 2 aromatic heterocycles. The first-order valence-corrected chi connectivity index (χ1v) is 9.44. The number of rotatable bonds is 5. The number of aliphatic carboxylic acids is 1. The molecule has 3 aromatic rings. The van der Waals surface area contributed by atoms with E-state index in [1.165, 1.54) is 27.7 Å². The van der Waals surface area contributed by atoms with Gasteiger partial charge in [-0.3, -0.25) is 9.78 Å². The molecule has 0 spiro atoms. The zero-order chi connectivity index (χ0) is 19.0. The fourth-order valence-electron chi connectivity index (χ4n) is 4.26. The Bertz CT molecular complexity index is 978. The fraction of sp³-hybridized carbons (Fsp3) is 0.364. The van der Waals surface area contributed by atoms with E-state index in [0.717, 1.165) is 25.1 Å². The highest BCUT2D eigenvalue weighted by molar-refractivity contribution is 5.86. The summed E-state index contributed by atoms with van der Waals surface area (Å²) < 4.78 is 2.37. The maximum atomic E-state index is 11.5. The van der Waals surface area contributed by atoms with E-state index in [-0.39, 0.29) is 12.3 Å². The highest BCUT2D eigenvalue weighted by atomic mass is 16.4. The number of pyridine rings is 1. The van der Waals surface area contributed by atoms with Crippen LogP contribution in [0.1, 0.15) is 34.7 Å². The van der Waals surface area contributed by atoms with Gasteiger partial charge in [-0.1, -0.05) is 11.6 Å². The quantitative estimate of drug-likeness (QED) is 0.753. The third-order valence-corrected chi connectivity index (χ3v) is 5.60. The van der Waals surface area contributed by atoms with Gasteiger partial charge in [0.15, 0.2) is 0 Å². The number of hydrogen-bond donors (Lipinski definition) is 1. The van der Waals surface area contributed by atoms with Crippen LogP contribution in [0.3, 0.4) is 0 Å². The predicted octanol–water partition coefficient (Wildman–Crippen LogP) is 3.59. The van der Waals surface area contributed by atoms with Gasteiger partial charge in [-0.15, -0.1) is 0 Å². The monoisotopic (exact) mass is 363 g/mol. The average Bonchev–Trinajstić information content (AvgIpc) is 2.94. The Labute approximate surface area is 159 Å². The van der Waals surface area contributed by atoms with E-state index in [0.29, 0.717) is 6.54 Å². The topological polar surface area (TPSA) is 58.4 Å². The third-order valence-electron chi connectivity index (χ3n) is 5.60. The molecule has 0 aliphatic carbocycles. The van der Waals surface area contributed by atoms with Gasteiger partial charge in [0.2, 0.25) is 0 Å². The Balaban J connectivity index is 1.81. The summed E-state index contributed by atoms with van der Waals surface area (Å²) in [6.45, 7) is 4.77. The van der Waals surface area contributed by atoms with Gasteiger partial charge in [0.25, 0.3) is 0 Å². The molecule has 0 radical (unpaired) electrons. The smallest absolute Gasteiger partial charge is 0.304 e. The van der Waals surface area contributed by atoms with Gasteiger partial charge >= 0.3 is 5.97 Å². The minimum atomic E-state index is -0.766. The van der Waals surface area contributed by atoms with Gasteiger partial charge < -0.3 is 14.6 Å². The Hall–Kier alpha value is -2.66. The molecule has 140 valence electrons. The van der Waals surface area contributed by atoms with Crippen LogP contribution in [-0.4, -0.2) is 39.1 Å². The summed E-state index contributed by atoms with van der Waals surface area (Å²) in [5.41, 5.74) is 6.25. The number of likely N-dealkylation sites (N-methyl/N-ethyl adjacent to an activating group) is 1. The van der Waals surface area contributed by atoms with E-state index in [9.17, 15) is 9.90 Å². The van der Waals surface area contributed by atoms with Crippen LogP contribution in [0.2, 0.25) is 0 Å². The Kier molecular flexibility index (Phi) is 4.70. The van der Waals surface area contributed by atoms with E-state index in [1.807, 2.05) is 12.1 Å². The first kappa shape index (κ1) is 17.7. The second kappa shape index (κ2) is 7.16. The lowest BCUT2D eigenvalue weighted by atomic mass is 9.96. The van der Waals surface area contributed by atoms with Gasteiger partial charge in [0.1, 0.15) is 0 Å². The number of benzene rings is 1. The number of carbonyl (C=O) groups is 1. The van der Waals surface area contributed by atoms with Crippen LogP contribution in [0.25, 0.3) is 10.9 Å². The molecular weight excluding hydrogens is 338 g/mol. The molecule has 0 saturated carbocycles. The zero-order valence-electron chi connectivity index (χ0n) is 15.9. The second-order valence-electron chi connectivity index (χ2n) is 7.62. The first-order chi connectivity index (χ1) is 13.0. The number of hydrogen-bond acceptors (Lipinski definition) is 3. The molecule has 0 bridgehead atoms. The van der Waals surface area contributed by atoms with Crippen molar-refractivity contribution in [2.75, 3.05) is 13.6 Å². The van der Waals surface area contributed by atoms with Crippen LogP contribution in [0.15, 0.2) is 42.7 Å². The van der Waals surface area contributed by atoms with Crippen LogP contribution in [0, 0.1) is 6.92 Å². The van der Waals surface area contributed by atoms with E-state index >= 15 is 0 Å². The summed E-state index contributed by atoms with van der Waals surface area (Å²) >= 11 is 0. The highest BCUT2D eigenvalue weighted by Crippen LogP contribution is 2.34. The van der Waals surface area contributed by atoms with Crippen molar-refractivity contribution in [1.29, 1.82) is 0 Å². The van der Waals surface area contributed by atoms with Gasteiger partial charge in [0, 0.05) is 61.0 Å². The molecule has 4 rings (SSSR count). The molecule has 1 aliphatic heterocycles. The molecule has 1 aliphatic rings. The number of nitrogens with zero attached hydrogens (tertiary/aromatic N) is 3. The van der Waals surface area contributed by atoms with Crippen molar-refractivity contribution in [2.45, 2.75) is 38.8 Å². The van der Waals surface area contributed by atoms with Crippen molar-refractivity contribution in [3.8, 4) is 0 Å². The first-order valence-electron chi connectivity index (χ1n) is 9.44. The number of carboxylic acids is 1. The van der Waals surface area contributed by atoms with E-state index in [1.54, 1.807) is 12.4 Å². The maximum Gasteiger partial charge on any atom is 0.304 e.